The molecule has 5 rings (SSSR count). The molecule has 1 aliphatic carbocycles. The molecule has 3 unspecified atom stereocenters. The van der Waals surface area contributed by atoms with Crippen LogP contribution in [0.1, 0.15) is 38.5 Å². The molecule has 3 aliphatic rings. The molecule has 8 nitrogen and oxygen atoms in total. The van der Waals surface area contributed by atoms with Crippen LogP contribution in [0.3, 0.4) is 0 Å². The zero-order valence-corrected chi connectivity index (χ0v) is 20.7. The number of pyridine rings is 2. The molecule has 9 heteroatoms. The van der Waals surface area contributed by atoms with E-state index in [9.17, 15) is 5.26 Å². The van der Waals surface area contributed by atoms with Gasteiger partial charge in [-0.15, -0.1) is 0 Å². The van der Waals surface area contributed by atoms with Crippen molar-refractivity contribution >= 4 is 23.2 Å². The quantitative estimate of drug-likeness (QED) is 0.498. The van der Waals surface area contributed by atoms with Gasteiger partial charge in [-0.2, -0.15) is 5.26 Å². The van der Waals surface area contributed by atoms with Crippen molar-refractivity contribution in [2.45, 2.75) is 56.7 Å². The van der Waals surface area contributed by atoms with E-state index in [-0.39, 0.29) is 0 Å². The van der Waals surface area contributed by atoms with E-state index in [4.69, 9.17) is 26.1 Å². The van der Waals surface area contributed by atoms with Gasteiger partial charge in [0.1, 0.15) is 11.6 Å². The van der Waals surface area contributed by atoms with Gasteiger partial charge in [-0.1, -0.05) is 17.7 Å². The second-order valence-corrected chi connectivity index (χ2v) is 10.3. The third-order valence-electron chi connectivity index (χ3n) is 7.36. The lowest BCUT2D eigenvalue weighted by atomic mass is 9.82. The molecule has 4 heterocycles. The summed E-state index contributed by atoms with van der Waals surface area (Å²) in [7, 11) is 0. The number of rotatable bonds is 8. The molecule has 0 amide bonds. The maximum absolute atomic E-state index is 9.72. The molecule has 1 saturated carbocycles. The second kappa shape index (κ2) is 11.1. The Morgan fingerprint density at radius 3 is 2.71 bits per heavy atom. The van der Waals surface area contributed by atoms with Gasteiger partial charge in [-0.3, -0.25) is 0 Å². The molecule has 186 valence electrons. The zero-order chi connectivity index (χ0) is 24.1. The zero-order valence-electron chi connectivity index (χ0n) is 19.9. The molecule has 0 spiro atoms. The molecule has 0 aromatic carbocycles. The highest BCUT2D eigenvalue weighted by molar-refractivity contribution is 6.33. The van der Waals surface area contributed by atoms with Gasteiger partial charge in [0, 0.05) is 56.3 Å². The first-order valence-electron chi connectivity index (χ1n) is 12.6. The number of nitriles is 1. The van der Waals surface area contributed by atoms with Gasteiger partial charge in [0.15, 0.2) is 0 Å². The second-order valence-electron chi connectivity index (χ2n) is 9.89. The maximum Gasteiger partial charge on any atom is 0.126 e. The Bertz CT molecular complexity index is 1050. The predicted molar refractivity (Wildman–Crippen MR) is 136 cm³/mol. The number of nitrogens with zero attached hydrogens (tertiary/aromatic N) is 3. The average Bonchev–Trinajstić information content (AvgIpc) is 3.57. The molecule has 35 heavy (non-hydrogen) atoms. The molecule has 2 aromatic heterocycles. The first-order valence-corrected chi connectivity index (χ1v) is 13.0. The summed E-state index contributed by atoms with van der Waals surface area (Å²) >= 11 is 6.53. The molecule has 3 fully saturated rings. The van der Waals surface area contributed by atoms with Crippen molar-refractivity contribution in [3.05, 3.63) is 35.5 Å². The highest BCUT2D eigenvalue weighted by Crippen LogP contribution is 2.32. The summed E-state index contributed by atoms with van der Waals surface area (Å²) in [6.45, 7) is 3.48. The van der Waals surface area contributed by atoms with E-state index in [0.29, 0.717) is 42.9 Å². The third-order valence-corrected chi connectivity index (χ3v) is 7.66. The lowest BCUT2D eigenvalue weighted by molar-refractivity contribution is 0.0455. The van der Waals surface area contributed by atoms with Crippen molar-refractivity contribution < 1.29 is 9.47 Å². The minimum atomic E-state index is -0.417. The number of hydrogen-bond acceptors (Lipinski definition) is 8. The van der Waals surface area contributed by atoms with E-state index >= 15 is 0 Å². The Morgan fingerprint density at radius 2 is 1.91 bits per heavy atom. The van der Waals surface area contributed by atoms with E-state index in [1.54, 1.807) is 6.20 Å². The molecule has 3 atom stereocenters. The summed E-state index contributed by atoms with van der Waals surface area (Å²) in [5, 5.41) is 21.0. The summed E-state index contributed by atoms with van der Waals surface area (Å²) in [4.78, 5) is 9.30. The fourth-order valence-electron chi connectivity index (χ4n) is 5.22. The summed E-state index contributed by atoms with van der Waals surface area (Å²) in [6, 6.07) is 11.7. The first-order chi connectivity index (χ1) is 17.1. The summed E-state index contributed by atoms with van der Waals surface area (Å²) < 4.78 is 10.9. The Morgan fingerprint density at radius 1 is 1.06 bits per heavy atom. The van der Waals surface area contributed by atoms with Crippen molar-refractivity contribution in [2.24, 2.45) is 5.41 Å². The van der Waals surface area contributed by atoms with Crippen LogP contribution in [0.4, 0.5) is 11.6 Å². The lowest BCUT2D eigenvalue weighted by Gasteiger charge is -2.30. The molecule has 2 saturated heterocycles. The van der Waals surface area contributed by atoms with Crippen molar-refractivity contribution in [3.63, 3.8) is 0 Å². The van der Waals surface area contributed by atoms with Gasteiger partial charge in [0.05, 0.1) is 28.8 Å². The Labute approximate surface area is 211 Å². The van der Waals surface area contributed by atoms with E-state index < -0.39 is 5.41 Å². The maximum atomic E-state index is 9.72. The Kier molecular flexibility index (Phi) is 7.69. The fraction of sp³-hybridized carbons (Fsp3) is 0.577. The molecule has 2 aliphatic heterocycles. The van der Waals surface area contributed by atoms with E-state index in [0.717, 1.165) is 74.6 Å². The number of ether oxygens (including phenoxy) is 2. The fourth-order valence-corrected chi connectivity index (χ4v) is 5.42. The molecule has 0 bridgehead atoms. The number of anilines is 2. The van der Waals surface area contributed by atoms with Gasteiger partial charge in [0.25, 0.3) is 0 Å². The highest BCUT2D eigenvalue weighted by Gasteiger charge is 2.32. The Hall–Kier alpha value is -2.44. The normalized spacial score (nSPS) is 25.8. The monoisotopic (exact) mass is 496 g/mol. The lowest BCUT2D eigenvalue weighted by Crippen LogP contribution is -2.37. The minimum absolute atomic E-state index is 0.374. The minimum Gasteiger partial charge on any atom is -0.381 e. The summed E-state index contributed by atoms with van der Waals surface area (Å²) in [5.74, 6) is 1.54. The summed E-state index contributed by atoms with van der Waals surface area (Å²) in [5.41, 5.74) is 1.19. The summed E-state index contributed by atoms with van der Waals surface area (Å²) in [6.07, 6.45) is 7.58. The van der Waals surface area contributed by atoms with Crippen molar-refractivity contribution in [1.29, 1.82) is 5.26 Å². The van der Waals surface area contributed by atoms with Gasteiger partial charge >= 0.3 is 0 Å². The van der Waals surface area contributed by atoms with Gasteiger partial charge in [-0.25, -0.2) is 9.97 Å². The van der Waals surface area contributed by atoms with Crippen LogP contribution in [0.5, 0.6) is 0 Å². The number of halogens is 1. The third kappa shape index (κ3) is 6.04. The van der Waals surface area contributed by atoms with E-state index in [2.05, 4.69) is 27.0 Å². The van der Waals surface area contributed by atoms with Crippen LogP contribution in [0.15, 0.2) is 30.5 Å². The van der Waals surface area contributed by atoms with Crippen LogP contribution in [0.2, 0.25) is 5.02 Å². The van der Waals surface area contributed by atoms with Gasteiger partial charge in [0.2, 0.25) is 0 Å². The number of nitrogens with one attached hydrogen (secondary N) is 3. The molecular weight excluding hydrogens is 464 g/mol. The van der Waals surface area contributed by atoms with Gasteiger partial charge < -0.3 is 25.4 Å². The van der Waals surface area contributed by atoms with Gasteiger partial charge in [-0.05, 0) is 56.7 Å². The number of aromatic nitrogens is 2. The molecule has 3 N–H and O–H groups in total. The standard InChI is InChI=1S/C26H33ClN6O2/c27-22-14-29-25(32-19-5-4-18(12-19)31-20-6-9-35-15-20)13-21(22)23-2-1-3-24(33-23)30-17-26(16-28)7-10-34-11-8-26/h1-3,13-14,18-20,31H,4-12,15,17H2,(H,29,32)(H,30,33). The molecular formula is C26H33ClN6O2. The van der Waals surface area contributed by atoms with Crippen LogP contribution in [0.25, 0.3) is 11.3 Å². The largest absolute Gasteiger partial charge is 0.381 e. The Balaban J connectivity index is 1.23. The van der Waals surface area contributed by atoms with Crippen LogP contribution >= 0.6 is 11.6 Å². The SMILES string of the molecule is N#CC1(CNc2cccc(-c3cc(NC4CCC(NC5CCOC5)C4)ncc3Cl)n2)CCOCC1. The first kappa shape index (κ1) is 24.3. The van der Waals surface area contributed by atoms with E-state index in [1.807, 2.05) is 24.3 Å². The van der Waals surface area contributed by atoms with Crippen molar-refractivity contribution in [3.8, 4) is 17.3 Å². The van der Waals surface area contributed by atoms with Crippen molar-refractivity contribution in [1.82, 2.24) is 15.3 Å². The van der Waals surface area contributed by atoms with Crippen LogP contribution in [-0.2, 0) is 9.47 Å². The van der Waals surface area contributed by atoms with Crippen LogP contribution in [-0.4, -0.2) is 61.1 Å². The average molecular weight is 497 g/mol. The van der Waals surface area contributed by atoms with E-state index in [1.165, 1.54) is 0 Å². The smallest absolute Gasteiger partial charge is 0.126 e. The predicted octanol–water partition coefficient (Wildman–Crippen LogP) is 4.24. The van der Waals surface area contributed by atoms with Crippen LogP contribution < -0.4 is 16.0 Å². The molecule has 2 aromatic rings. The highest BCUT2D eigenvalue weighted by atomic mass is 35.5. The van der Waals surface area contributed by atoms with Crippen molar-refractivity contribution in [2.75, 3.05) is 43.6 Å². The topological polar surface area (TPSA) is 104 Å². The number of hydrogen-bond donors (Lipinski definition) is 3. The van der Waals surface area contributed by atoms with Crippen LogP contribution in [0, 0.1) is 16.7 Å². The molecule has 0 radical (unpaired) electrons.